The van der Waals surface area contributed by atoms with Gasteiger partial charge in [0, 0.05) is 31.0 Å². The minimum Gasteiger partial charge on any atom is -0.355 e. The second kappa shape index (κ2) is 9.45. The summed E-state index contributed by atoms with van der Waals surface area (Å²) >= 11 is 12.2. The van der Waals surface area contributed by atoms with Crippen LogP contribution in [-0.4, -0.2) is 38.3 Å². The van der Waals surface area contributed by atoms with Crippen molar-refractivity contribution in [1.29, 1.82) is 0 Å². The van der Waals surface area contributed by atoms with Gasteiger partial charge in [0.1, 0.15) is 10.7 Å². The van der Waals surface area contributed by atoms with Gasteiger partial charge >= 0.3 is 0 Å². The van der Waals surface area contributed by atoms with E-state index in [1.54, 1.807) is 24.3 Å². The SMILES string of the molecule is CC(C)(CNC(=O)C1CCN(S(=O)(=O)c2c(Cl)cccc2Cl)CC1)c1ccccc1F. The van der Waals surface area contributed by atoms with Gasteiger partial charge in [0.2, 0.25) is 15.9 Å². The minimum absolute atomic E-state index is 0.0720. The molecule has 31 heavy (non-hydrogen) atoms. The molecule has 0 radical (unpaired) electrons. The number of hydrogen-bond acceptors (Lipinski definition) is 3. The first-order valence-electron chi connectivity index (χ1n) is 10.0. The fourth-order valence-corrected chi connectivity index (χ4v) is 6.34. The summed E-state index contributed by atoms with van der Waals surface area (Å²) in [6.07, 6.45) is 0.764. The van der Waals surface area contributed by atoms with Crippen LogP contribution in [0.1, 0.15) is 32.3 Å². The summed E-state index contributed by atoms with van der Waals surface area (Å²) in [7, 11) is -3.85. The standard InChI is InChI=1S/C22H25Cl2FN2O3S/c1-22(2,16-6-3-4-9-19(16)25)14-26-21(28)15-10-12-27(13-11-15)31(29,30)20-17(23)7-5-8-18(20)24/h3-9,15H,10-14H2,1-2H3,(H,26,28). The molecule has 0 aliphatic carbocycles. The predicted molar refractivity (Wildman–Crippen MR) is 120 cm³/mol. The molecule has 1 fully saturated rings. The van der Waals surface area contributed by atoms with E-state index in [2.05, 4.69) is 5.32 Å². The number of sulfonamides is 1. The third kappa shape index (κ3) is 5.22. The lowest BCUT2D eigenvalue weighted by molar-refractivity contribution is -0.126. The van der Waals surface area contributed by atoms with Crippen molar-refractivity contribution in [2.45, 2.75) is 37.0 Å². The maximum absolute atomic E-state index is 14.1. The Morgan fingerprint density at radius 3 is 2.26 bits per heavy atom. The number of benzene rings is 2. The second-order valence-electron chi connectivity index (χ2n) is 8.31. The summed E-state index contributed by atoms with van der Waals surface area (Å²) < 4.78 is 41.4. The maximum Gasteiger partial charge on any atom is 0.246 e. The Bertz CT molecular complexity index is 1050. The first kappa shape index (κ1) is 24.0. The van der Waals surface area contributed by atoms with Crippen LogP contribution in [0.2, 0.25) is 10.0 Å². The van der Waals surface area contributed by atoms with Crippen LogP contribution in [0.3, 0.4) is 0 Å². The highest BCUT2D eigenvalue weighted by Gasteiger charge is 2.35. The molecule has 0 saturated carbocycles. The molecule has 1 amide bonds. The smallest absolute Gasteiger partial charge is 0.246 e. The lowest BCUT2D eigenvalue weighted by atomic mass is 9.84. The zero-order valence-corrected chi connectivity index (χ0v) is 19.7. The Morgan fingerprint density at radius 2 is 1.68 bits per heavy atom. The highest BCUT2D eigenvalue weighted by Crippen LogP contribution is 2.33. The van der Waals surface area contributed by atoms with Crippen LogP contribution in [0, 0.1) is 11.7 Å². The first-order valence-corrected chi connectivity index (χ1v) is 12.2. The fraction of sp³-hybridized carbons (Fsp3) is 0.409. The molecule has 9 heteroatoms. The number of carbonyl (C=O) groups excluding carboxylic acids is 1. The van der Waals surface area contributed by atoms with E-state index in [0.29, 0.717) is 18.4 Å². The van der Waals surface area contributed by atoms with Crippen molar-refractivity contribution in [2.75, 3.05) is 19.6 Å². The molecule has 3 rings (SSSR count). The number of amides is 1. The van der Waals surface area contributed by atoms with Crippen LogP contribution in [-0.2, 0) is 20.2 Å². The molecule has 0 aromatic heterocycles. The van der Waals surface area contributed by atoms with Crippen LogP contribution in [0.4, 0.5) is 4.39 Å². The average molecular weight is 487 g/mol. The van der Waals surface area contributed by atoms with Gasteiger partial charge in [0.15, 0.2) is 0 Å². The molecule has 1 aliphatic rings. The minimum atomic E-state index is -3.85. The molecule has 1 N–H and O–H groups in total. The zero-order valence-electron chi connectivity index (χ0n) is 17.4. The van der Waals surface area contributed by atoms with Crippen molar-refractivity contribution >= 4 is 39.1 Å². The Balaban J connectivity index is 1.61. The van der Waals surface area contributed by atoms with Crippen molar-refractivity contribution in [1.82, 2.24) is 9.62 Å². The summed E-state index contributed by atoms with van der Waals surface area (Å²) in [5, 5.41) is 3.05. The van der Waals surface area contributed by atoms with E-state index in [1.807, 2.05) is 13.8 Å². The second-order valence-corrected chi connectivity index (χ2v) is 11.0. The van der Waals surface area contributed by atoms with Crippen LogP contribution < -0.4 is 5.32 Å². The van der Waals surface area contributed by atoms with Crippen molar-refractivity contribution in [3.05, 3.63) is 63.9 Å². The summed E-state index contributed by atoms with van der Waals surface area (Å²) in [5.41, 5.74) is -0.0425. The Labute approximate surface area is 192 Å². The van der Waals surface area contributed by atoms with Gasteiger partial charge in [-0.05, 0) is 36.6 Å². The number of piperidine rings is 1. The molecular formula is C22H25Cl2FN2O3S. The van der Waals surface area contributed by atoms with Crippen LogP contribution in [0.25, 0.3) is 0 Å². The number of hydrogen-bond donors (Lipinski definition) is 1. The quantitative estimate of drug-likeness (QED) is 0.647. The summed E-state index contributed by atoms with van der Waals surface area (Å²) in [6, 6.07) is 11.1. The molecule has 1 heterocycles. The first-order chi connectivity index (χ1) is 14.5. The van der Waals surface area contributed by atoms with Gasteiger partial charge in [-0.15, -0.1) is 0 Å². The molecule has 0 atom stereocenters. The van der Waals surface area contributed by atoms with Gasteiger partial charge in [-0.2, -0.15) is 4.31 Å². The maximum atomic E-state index is 14.1. The van der Waals surface area contributed by atoms with Crippen LogP contribution in [0.15, 0.2) is 47.4 Å². The number of carbonyl (C=O) groups is 1. The van der Waals surface area contributed by atoms with Crippen molar-refractivity contribution in [3.8, 4) is 0 Å². The van der Waals surface area contributed by atoms with E-state index < -0.39 is 15.4 Å². The molecule has 0 bridgehead atoms. The van der Waals surface area contributed by atoms with Crippen LogP contribution in [0.5, 0.6) is 0 Å². The van der Waals surface area contributed by atoms with Gasteiger partial charge in [-0.1, -0.05) is 61.3 Å². The lowest BCUT2D eigenvalue weighted by Gasteiger charge is -2.32. The van der Waals surface area contributed by atoms with Gasteiger partial charge in [-0.3, -0.25) is 4.79 Å². The summed E-state index contributed by atoms with van der Waals surface area (Å²) in [5.74, 6) is -0.777. The Kier molecular flexibility index (Phi) is 7.31. The molecule has 2 aromatic rings. The van der Waals surface area contributed by atoms with Gasteiger partial charge < -0.3 is 5.32 Å². The topological polar surface area (TPSA) is 66.5 Å². The van der Waals surface area contributed by atoms with E-state index >= 15 is 0 Å². The molecular weight excluding hydrogens is 462 g/mol. The molecule has 1 aliphatic heterocycles. The highest BCUT2D eigenvalue weighted by molar-refractivity contribution is 7.89. The van der Waals surface area contributed by atoms with Crippen LogP contribution >= 0.6 is 23.2 Å². The molecule has 0 unspecified atom stereocenters. The van der Waals surface area contributed by atoms with E-state index in [9.17, 15) is 17.6 Å². The molecule has 0 spiro atoms. The number of halogens is 3. The largest absolute Gasteiger partial charge is 0.355 e. The highest BCUT2D eigenvalue weighted by atomic mass is 35.5. The number of nitrogens with one attached hydrogen (secondary N) is 1. The molecule has 1 saturated heterocycles. The monoisotopic (exact) mass is 486 g/mol. The van der Waals surface area contributed by atoms with Gasteiger partial charge in [0.25, 0.3) is 0 Å². The third-order valence-electron chi connectivity index (χ3n) is 5.65. The third-order valence-corrected chi connectivity index (χ3v) is 8.50. The number of nitrogens with zero attached hydrogens (tertiary/aromatic N) is 1. The van der Waals surface area contributed by atoms with E-state index in [-0.39, 0.29) is 52.2 Å². The fourth-order valence-electron chi connectivity index (χ4n) is 3.77. The lowest BCUT2D eigenvalue weighted by Crippen LogP contribution is -2.45. The van der Waals surface area contributed by atoms with Crippen molar-refractivity contribution in [3.63, 3.8) is 0 Å². The zero-order chi connectivity index (χ0) is 22.8. The van der Waals surface area contributed by atoms with Gasteiger partial charge in [0.05, 0.1) is 10.0 Å². The molecule has 2 aromatic carbocycles. The van der Waals surface area contributed by atoms with Crippen molar-refractivity contribution in [2.24, 2.45) is 5.92 Å². The van der Waals surface area contributed by atoms with E-state index in [0.717, 1.165) is 0 Å². The number of rotatable bonds is 6. The normalized spacial score (nSPS) is 16.3. The Hall–Kier alpha value is -1.67. The van der Waals surface area contributed by atoms with E-state index in [4.69, 9.17) is 23.2 Å². The van der Waals surface area contributed by atoms with E-state index in [1.165, 1.54) is 22.5 Å². The Morgan fingerprint density at radius 1 is 1.10 bits per heavy atom. The molecule has 5 nitrogen and oxygen atoms in total. The summed E-state index contributed by atoms with van der Waals surface area (Å²) in [4.78, 5) is 12.6. The predicted octanol–water partition coefficient (Wildman–Crippen LogP) is 4.63. The average Bonchev–Trinajstić information content (AvgIpc) is 2.72. The summed E-state index contributed by atoms with van der Waals surface area (Å²) in [6.45, 7) is 4.40. The van der Waals surface area contributed by atoms with Gasteiger partial charge in [-0.25, -0.2) is 12.8 Å². The molecule has 168 valence electrons. The van der Waals surface area contributed by atoms with Crippen molar-refractivity contribution < 1.29 is 17.6 Å².